The average Bonchev–Trinajstić information content (AvgIpc) is 2.73. The first-order valence-electron chi connectivity index (χ1n) is 8.88. The Hall–Kier alpha value is -3.13. The van der Waals surface area contributed by atoms with Crippen molar-refractivity contribution in [3.05, 3.63) is 85.9 Å². The first kappa shape index (κ1) is 20.6. The maximum atomic E-state index is 12.6. The van der Waals surface area contributed by atoms with Gasteiger partial charge >= 0.3 is 11.1 Å². The van der Waals surface area contributed by atoms with Crippen LogP contribution in [0.3, 0.4) is 0 Å². The average molecular weight is 458 g/mol. The number of amides is 1. The molecule has 1 aromatic heterocycles. The Morgan fingerprint density at radius 2 is 1.79 bits per heavy atom. The SMILES string of the molecule is C=CCn1c(=O)c(=O)n(CC(=O)NCc2cc(Br)ccc2OC)c2ccccc21. The summed E-state index contributed by atoms with van der Waals surface area (Å²) in [5.74, 6) is 0.253. The highest BCUT2D eigenvalue weighted by molar-refractivity contribution is 9.10. The zero-order valence-corrected chi connectivity index (χ0v) is 17.4. The van der Waals surface area contributed by atoms with E-state index in [1.54, 1.807) is 43.5 Å². The number of nitrogens with one attached hydrogen (secondary N) is 1. The summed E-state index contributed by atoms with van der Waals surface area (Å²) in [6, 6.07) is 12.5. The fraction of sp³-hybridized carbons (Fsp3) is 0.190. The largest absolute Gasteiger partial charge is 0.496 e. The number of benzene rings is 2. The summed E-state index contributed by atoms with van der Waals surface area (Å²) in [6.45, 7) is 3.80. The summed E-state index contributed by atoms with van der Waals surface area (Å²) in [5, 5.41) is 2.78. The zero-order valence-electron chi connectivity index (χ0n) is 15.9. The molecule has 0 spiro atoms. The Labute approximate surface area is 175 Å². The lowest BCUT2D eigenvalue weighted by Crippen LogP contribution is -2.43. The van der Waals surface area contributed by atoms with Crippen LogP contribution in [-0.2, 0) is 24.4 Å². The molecule has 29 heavy (non-hydrogen) atoms. The van der Waals surface area contributed by atoms with Gasteiger partial charge in [-0.05, 0) is 30.3 Å². The zero-order chi connectivity index (χ0) is 21.0. The van der Waals surface area contributed by atoms with Crippen molar-refractivity contribution in [2.24, 2.45) is 0 Å². The minimum absolute atomic E-state index is 0.213. The van der Waals surface area contributed by atoms with Gasteiger partial charge in [0.1, 0.15) is 12.3 Å². The molecule has 8 heteroatoms. The van der Waals surface area contributed by atoms with Crippen LogP contribution in [0.5, 0.6) is 5.75 Å². The van der Waals surface area contributed by atoms with E-state index in [0.717, 1.165) is 10.0 Å². The molecule has 3 rings (SSSR count). The van der Waals surface area contributed by atoms with Gasteiger partial charge in [-0.15, -0.1) is 6.58 Å². The van der Waals surface area contributed by atoms with Crippen molar-refractivity contribution in [3.8, 4) is 5.75 Å². The molecule has 1 heterocycles. The molecule has 0 aliphatic carbocycles. The van der Waals surface area contributed by atoms with Gasteiger partial charge in [-0.1, -0.05) is 34.1 Å². The third-order valence-electron chi connectivity index (χ3n) is 4.47. The summed E-state index contributed by atoms with van der Waals surface area (Å²) in [7, 11) is 1.55. The smallest absolute Gasteiger partial charge is 0.317 e. The minimum atomic E-state index is -0.749. The lowest BCUT2D eigenvalue weighted by Gasteiger charge is -2.14. The Morgan fingerprint density at radius 3 is 2.45 bits per heavy atom. The van der Waals surface area contributed by atoms with Crippen LogP contribution >= 0.6 is 15.9 Å². The van der Waals surface area contributed by atoms with Gasteiger partial charge in [0.15, 0.2) is 0 Å². The van der Waals surface area contributed by atoms with Crippen molar-refractivity contribution < 1.29 is 9.53 Å². The summed E-state index contributed by atoms with van der Waals surface area (Å²) in [5.41, 5.74) is 0.423. The highest BCUT2D eigenvalue weighted by Crippen LogP contribution is 2.22. The van der Waals surface area contributed by atoms with Gasteiger partial charge in [0.2, 0.25) is 5.91 Å². The van der Waals surface area contributed by atoms with Gasteiger partial charge in [-0.3, -0.25) is 23.5 Å². The van der Waals surface area contributed by atoms with Crippen LogP contribution in [-0.4, -0.2) is 22.2 Å². The van der Waals surface area contributed by atoms with Crippen LogP contribution in [0.2, 0.25) is 0 Å². The Bertz CT molecular complexity index is 1200. The number of ether oxygens (including phenoxy) is 1. The fourth-order valence-corrected chi connectivity index (χ4v) is 3.52. The number of hydrogen-bond acceptors (Lipinski definition) is 4. The van der Waals surface area contributed by atoms with Crippen molar-refractivity contribution in [2.75, 3.05) is 7.11 Å². The van der Waals surface area contributed by atoms with E-state index < -0.39 is 11.1 Å². The third kappa shape index (κ3) is 4.32. The maximum Gasteiger partial charge on any atom is 0.317 e. The fourth-order valence-electron chi connectivity index (χ4n) is 3.12. The van der Waals surface area contributed by atoms with E-state index in [0.29, 0.717) is 16.8 Å². The van der Waals surface area contributed by atoms with E-state index in [4.69, 9.17) is 4.74 Å². The molecule has 150 valence electrons. The van der Waals surface area contributed by atoms with E-state index >= 15 is 0 Å². The van der Waals surface area contributed by atoms with Crippen molar-refractivity contribution in [2.45, 2.75) is 19.6 Å². The number of hydrogen-bond donors (Lipinski definition) is 1. The molecule has 0 fully saturated rings. The number of rotatable bonds is 7. The van der Waals surface area contributed by atoms with Gasteiger partial charge in [0.25, 0.3) is 0 Å². The molecule has 0 saturated heterocycles. The number of methoxy groups -OCH3 is 1. The Kier molecular flexibility index (Phi) is 6.33. The molecule has 0 saturated carbocycles. The number of allylic oxidation sites excluding steroid dienone is 1. The molecule has 1 N–H and O–H groups in total. The standard InChI is InChI=1S/C21H20BrN3O4/c1-3-10-24-16-6-4-5-7-17(16)25(21(28)20(24)27)13-19(26)23-12-14-11-15(22)8-9-18(14)29-2/h3-9,11H,1,10,12-13H2,2H3,(H,23,26). The quantitative estimate of drug-likeness (QED) is 0.436. The second kappa shape index (κ2) is 8.91. The Morgan fingerprint density at radius 1 is 1.14 bits per heavy atom. The third-order valence-corrected chi connectivity index (χ3v) is 4.96. The first-order chi connectivity index (χ1) is 14.0. The van der Waals surface area contributed by atoms with Crippen LogP contribution < -0.4 is 21.2 Å². The van der Waals surface area contributed by atoms with Crippen molar-refractivity contribution in [3.63, 3.8) is 0 Å². The van der Waals surface area contributed by atoms with Crippen LogP contribution in [0.1, 0.15) is 5.56 Å². The number of halogens is 1. The lowest BCUT2D eigenvalue weighted by atomic mass is 10.2. The number of nitrogens with zero attached hydrogens (tertiary/aromatic N) is 2. The topological polar surface area (TPSA) is 82.3 Å². The van der Waals surface area contributed by atoms with Gasteiger partial charge in [0.05, 0.1) is 18.1 Å². The molecular formula is C21H20BrN3O4. The number of aromatic nitrogens is 2. The van der Waals surface area contributed by atoms with Crippen molar-refractivity contribution in [1.82, 2.24) is 14.5 Å². The van der Waals surface area contributed by atoms with Gasteiger partial charge in [0, 0.05) is 23.1 Å². The molecule has 3 aromatic rings. The molecule has 0 aliphatic heterocycles. The highest BCUT2D eigenvalue weighted by atomic mass is 79.9. The number of carbonyl (C=O) groups excluding carboxylic acids is 1. The number of carbonyl (C=O) groups is 1. The van der Waals surface area contributed by atoms with Gasteiger partial charge in [-0.25, -0.2) is 0 Å². The lowest BCUT2D eigenvalue weighted by molar-refractivity contribution is -0.121. The van der Waals surface area contributed by atoms with Crippen LogP contribution in [0.25, 0.3) is 11.0 Å². The van der Waals surface area contributed by atoms with E-state index in [-0.39, 0.29) is 25.5 Å². The van der Waals surface area contributed by atoms with Crippen molar-refractivity contribution >= 4 is 32.9 Å². The molecule has 1 amide bonds. The monoisotopic (exact) mass is 457 g/mol. The molecule has 0 radical (unpaired) electrons. The summed E-state index contributed by atoms with van der Waals surface area (Å²) >= 11 is 3.39. The van der Waals surface area contributed by atoms with E-state index in [1.807, 2.05) is 12.1 Å². The summed E-state index contributed by atoms with van der Waals surface area (Å²) in [4.78, 5) is 37.7. The summed E-state index contributed by atoms with van der Waals surface area (Å²) in [6.07, 6.45) is 1.55. The summed E-state index contributed by atoms with van der Waals surface area (Å²) < 4.78 is 8.71. The molecule has 0 unspecified atom stereocenters. The molecule has 0 bridgehead atoms. The predicted octanol–water partition coefficient (Wildman–Crippen LogP) is 2.44. The maximum absolute atomic E-state index is 12.6. The van der Waals surface area contributed by atoms with Crippen LogP contribution in [0, 0.1) is 0 Å². The van der Waals surface area contributed by atoms with Gasteiger partial charge < -0.3 is 10.1 Å². The molecule has 0 aliphatic rings. The van der Waals surface area contributed by atoms with E-state index in [2.05, 4.69) is 27.8 Å². The Balaban J connectivity index is 1.90. The molecule has 0 atom stereocenters. The minimum Gasteiger partial charge on any atom is -0.496 e. The predicted molar refractivity (Wildman–Crippen MR) is 115 cm³/mol. The first-order valence-corrected chi connectivity index (χ1v) is 9.68. The second-order valence-electron chi connectivity index (χ2n) is 6.32. The second-order valence-corrected chi connectivity index (χ2v) is 7.23. The molecule has 7 nitrogen and oxygen atoms in total. The van der Waals surface area contributed by atoms with Crippen molar-refractivity contribution in [1.29, 1.82) is 0 Å². The van der Waals surface area contributed by atoms with E-state index in [9.17, 15) is 14.4 Å². The highest BCUT2D eigenvalue weighted by Gasteiger charge is 2.15. The van der Waals surface area contributed by atoms with Crippen LogP contribution in [0.15, 0.2) is 69.2 Å². The van der Waals surface area contributed by atoms with Gasteiger partial charge in [-0.2, -0.15) is 0 Å². The van der Waals surface area contributed by atoms with Crippen LogP contribution in [0.4, 0.5) is 0 Å². The number of fused-ring (bicyclic) bond motifs is 1. The normalized spacial score (nSPS) is 10.7. The molecular weight excluding hydrogens is 438 g/mol. The molecule has 2 aromatic carbocycles. The van der Waals surface area contributed by atoms with E-state index in [1.165, 1.54) is 9.13 Å². The number of para-hydroxylation sites is 2.